The van der Waals surface area contributed by atoms with Gasteiger partial charge in [0.1, 0.15) is 11.4 Å². The summed E-state index contributed by atoms with van der Waals surface area (Å²) in [5.41, 5.74) is 1.03. The molecule has 1 amide bonds. The molecule has 0 fully saturated rings. The van der Waals surface area contributed by atoms with E-state index in [-0.39, 0.29) is 33.9 Å². The van der Waals surface area contributed by atoms with E-state index >= 15 is 0 Å². The Kier molecular flexibility index (Phi) is 5.94. The van der Waals surface area contributed by atoms with E-state index in [0.717, 1.165) is 35.3 Å². The predicted octanol–water partition coefficient (Wildman–Crippen LogP) is 3.58. The molecule has 1 aliphatic carbocycles. The molecule has 36 heavy (non-hydrogen) atoms. The molecule has 0 radical (unpaired) electrons. The number of anilines is 1. The van der Waals surface area contributed by atoms with Crippen molar-refractivity contribution in [3.8, 4) is 11.4 Å². The molecule has 192 valence electrons. The molecule has 0 spiro atoms. The molecule has 1 aliphatic rings. The number of rotatable bonds is 4. The van der Waals surface area contributed by atoms with Crippen LogP contribution in [0.3, 0.4) is 0 Å². The zero-order chi connectivity index (χ0) is 26.6. The third-order valence-corrected chi connectivity index (χ3v) is 6.30. The Morgan fingerprint density at radius 3 is 2.50 bits per heavy atom. The average molecular weight is 511 g/mol. The number of amides is 1. The van der Waals surface area contributed by atoms with Gasteiger partial charge in [0.15, 0.2) is 17.2 Å². The van der Waals surface area contributed by atoms with Gasteiger partial charge in [-0.05, 0) is 35.6 Å². The number of aliphatic hydroxyl groups is 1. The molecular weight excluding hydrogens is 489 g/mol. The van der Waals surface area contributed by atoms with E-state index in [4.69, 9.17) is 10.5 Å². The number of alkyl halides is 3. The Bertz CT molecular complexity index is 1320. The zero-order valence-electron chi connectivity index (χ0n) is 19.3. The molecule has 8 nitrogen and oxygen atoms in total. The fourth-order valence-corrected chi connectivity index (χ4v) is 4.73. The Hall–Kier alpha value is -3.74. The summed E-state index contributed by atoms with van der Waals surface area (Å²) < 4.78 is 76.6. The molecule has 0 bridgehead atoms. The average Bonchev–Trinajstić information content (AvgIpc) is 3.17. The standard InChI is InChI=1S/C23H22F5N5O3/c1-21(2)10-22(35,23(26,27)28)18(12-5-6-14(24)17(36-3)16(12)21)32-20(34)13-9-31-33(19(13)29)11-4-7-15(25)30-8-11/h4-9,18,35H,10,29H2,1-3H3,(H,32,34)/t18-,22-/m1/s1. The van der Waals surface area contributed by atoms with Crippen LogP contribution < -0.4 is 15.8 Å². The predicted molar refractivity (Wildman–Crippen MR) is 118 cm³/mol. The van der Waals surface area contributed by atoms with Crippen LogP contribution in [-0.4, -0.2) is 44.7 Å². The number of ether oxygens (including phenoxy) is 1. The van der Waals surface area contributed by atoms with Crippen molar-refractivity contribution in [1.29, 1.82) is 0 Å². The van der Waals surface area contributed by atoms with E-state index in [2.05, 4.69) is 15.4 Å². The number of nitrogens with one attached hydrogen (secondary N) is 1. The number of fused-ring (bicyclic) bond motifs is 1. The van der Waals surface area contributed by atoms with Gasteiger partial charge in [0, 0.05) is 5.56 Å². The number of nitrogen functional groups attached to an aromatic ring is 1. The lowest BCUT2D eigenvalue weighted by atomic mass is 9.63. The van der Waals surface area contributed by atoms with Gasteiger partial charge in [0.25, 0.3) is 5.91 Å². The maximum atomic E-state index is 14.5. The number of nitrogens with zero attached hydrogens (tertiary/aromatic N) is 3. The lowest BCUT2D eigenvalue weighted by molar-refractivity contribution is -0.280. The fraction of sp³-hybridized carbons (Fsp3) is 0.348. The van der Waals surface area contributed by atoms with E-state index in [1.807, 2.05) is 0 Å². The van der Waals surface area contributed by atoms with Crippen molar-refractivity contribution in [1.82, 2.24) is 20.1 Å². The Morgan fingerprint density at radius 2 is 1.92 bits per heavy atom. The largest absolute Gasteiger partial charge is 0.493 e. The molecule has 0 unspecified atom stereocenters. The highest BCUT2D eigenvalue weighted by Gasteiger charge is 2.64. The maximum absolute atomic E-state index is 14.5. The lowest BCUT2D eigenvalue weighted by Gasteiger charge is -2.48. The van der Waals surface area contributed by atoms with Crippen LogP contribution in [0.1, 0.15) is 47.8 Å². The van der Waals surface area contributed by atoms with E-state index in [0.29, 0.717) is 0 Å². The number of hydrogen-bond acceptors (Lipinski definition) is 6. The number of halogens is 5. The molecular formula is C23H22F5N5O3. The maximum Gasteiger partial charge on any atom is 0.419 e. The summed E-state index contributed by atoms with van der Waals surface area (Å²) in [5, 5.41) is 17.1. The SMILES string of the molecule is COc1c(F)ccc2c1C(C)(C)C[C@](O)(C(F)(F)F)[C@@H]2NC(=O)c1cnn(-c2ccc(F)nc2)c1N. The van der Waals surface area contributed by atoms with Crippen LogP contribution >= 0.6 is 0 Å². The molecule has 1 aromatic carbocycles. The number of benzene rings is 1. The van der Waals surface area contributed by atoms with Crippen LogP contribution in [0.2, 0.25) is 0 Å². The van der Waals surface area contributed by atoms with Gasteiger partial charge in [-0.25, -0.2) is 14.1 Å². The van der Waals surface area contributed by atoms with E-state index in [1.54, 1.807) is 0 Å². The Balaban J connectivity index is 1.81. The van der Waals surface area contributed by atoms with Crippen molar-refractivity contribution in [3.05, 3.63) is 65.1 Å². The summed E-state index contributed by atoms with van der Waals surface area (Å²) in [6.07, 6.45) is -3.95. The molecule has 0 aliphatic heterocycles. The minimum Gasteiger partial charge on any atom is -0.493 e. The van der Waals surface area contributed by atoms with Crippen LogP contribution in [0.5, 0.6) is 5.75 Å². The monoisotopic (exact) mass is 511 g/mol. The molecule has 0 saturated carbocycles. The van der Waals surface area contributed by atoms with E-state index in [9.17, 15) is 31.9 Å². The molecule has 13 heteroatoms. The first-order chi connectivity index (χ1) is 16.7. The van der Waals surface area contributed by atoms with Crippen molar-refractivity contribution in [3.63, 3.8) is 0 Å². The second-order valence-electron chi connectivity index (χ2n) is 9.13. The summed E-state index contributed by atoms with van der Waals surface area (Å²) in [6, 6.07) is 2.27. The lowest BCUT2D eigenvalue weighted by Crippen LogP contribution is -2.60. The van der Waals surface area contributed by atoms with Crippen LogP contribution in [0.4, 0.5) is 27.8 Å². The number of aromatic nitrogens is 3. The van der Waals surface area contributed by atoms with E-state index in [1.165, 1.54) is 27.0 Å². The first-order valence-corrected chi connectivity index (χ1v) is 10.6. The van der Waals surface area contributed by atoms with Crippen LogP contribution in [-0.2, 0) is 5.41 Å². The highest BCUT2D eigenvalue weighted by molar-refractivity contribution is 5.98. The van der Waals surface area contributed by atoms with Gasteiger partial charge in [-0.2, -0.15) is 22.7 Å². The fourth-order valence-electron chi connectivity index (χ4n) is 4.73. The van der Waals surface area contributed by atoms with Gasteiger partial charge in [-0.15, -0.1) is 0 Å². The van der Waals surface area contributed by atoms with Gasteiger partial charge in [0.2, 0.25) is 5.95 Å². The van der Waals surface area contributed by atoms with Crippen LogP contribution in [0, 0.1) is 11.8 Å². The number of pyridine rings is 1. The van der Waals surface area contributed by atoms with Crippen LogP contribution in [0.25, 0.3) is 5.69 Å². The summed E-state index contributed by atoms with van der Waals surface area (Å²) in [5.74, 6) is -3.18. The summed E-state index contributed by atoms with van der Waals surface area (Å²) in [7, 11) is 1.17. The van der Waals surface area contributed by atoms with E-state index < -0.39 is 47.3 Å². The van der Waals surface area contributed by atoms with Gasteiger partial charge in [0.05, 0.1) is 31.2 Å². The molecule has 4 N–H and O–H groups in total. The number of hydrogen-bond donors (Lipinski definition) is 3. The van der Waals surface area contributed by atoms with Gasteiger partial charge in [-0.3, -0.25) is 4.79 Å². The van der Waals surface area contributed by atoms with Crippen molar-refractivity contribution >= 4 is 11.7 Å². The number of carbonyl (C=O) groups excluding carboxylic acids is 1. The van der Waals surface area contributed by atoms with Crippen molar-refractivity contribution in [2.24, 2.45) is 0 Å². The highest BCUT2D eigenvalue weighted by atomic mass is 19.4. The molecule has 2 atom stereocenters. The van der Waals surface area contributed by atoms with Crippen molar-refractivity contribution < 1.29 is 36.6 Å². The molecule has 3 aromatic rings. The number of methoxy groups -OCH3 is 1. The topological polar surface area (TPSA) is 115 Å². The third-order valence-electron chi connectivity index (χ3n) is 6.30. The Labute approximate surface area is 201 Å². The Morgan fingerprint density at radius 1 is 1.22 bits per heavy atom. The van der Waals surface area contributed by atoms with Gasteiger partial charge in [-0.1, -0.05) is 19.9 Å². The molecule has 2 heterocycles. The minimum atomic E-state index is -5.17. The summed E-state index contributed by atoms with van der Waals surface area (Å²) in [6.45, 7) is 2.84. The quantitative estimate of drug-likeness (QED) is 0.364. The van der Waals surface area contributed by atoms with Gasteiger partial charge >= 0.3 is 6.18 Å². The summed E-state index contributed by atoms with van der Waals surface area (Å²) in [4.78, 5) is 16.6. The number of nitrogens with two attached hydrogens (primary N) is 1. The molecule has 2 aromatic heterocycles. The highest BCUT2D eigenvalue weighted by Crippen LogP contribution is 2.55. The second kappa shape index (κ2) is 8.43. The first kappa shape index (κ1) is 25.4. The van der Waals surface area contributed by atoms with Crippen molar-refractivity contribution in [2.75, 3.05) is 12.8 Å². The summed E-state index contributed by atoms with van der Waals surface area (Å²) >= 11 is 0. The normalized spacial score (nSPS) is 21.1. The second-order valence-corrected chi connectivity index (χ2v) is 9.13. The minimum absolute atomic E-state index is 0.0882. The van der Waals surface area contributed by atoms with Crippen LogP contribution in [0.15, 0.2) is 36.7 Å². The number of carbonyl (C=O) groups is 1. The first-order valence-electron chi connectivity index (χ1n) is 10.6. The smallest absolute Gasteiger partial charge is 0.419 e. The van der Waals surface area contributed by atoms with Gasteiger partial charge < -0.3 is 20.9 Å². The van der Waals surface area contributed by atoms with Crippen molar-refractivity contribution in [2.45, 2.75) is 43.5 Å². The molecule has 0 saturated heterocycles. The zero-order valence-corrected chi connectivity index (χ0v) is 19.3. The molecule has 4 rings (SSSR count). The third kappa shape index (κ3) is 3.92.